The number of carboxylic acids is 1. The molecular formula is C12H16N2O5S. The first kappa shape index (κ1) is 13.6. The molecule has 1 aliphatic carbocycles. The van der Waals surface area contributed by atoms with E-state index in [1.807, 2.05) is 0 Å². The number of carbonyl (C=O) groups is 1. The zero-order chi connectivity index (χ0) is 14.4. The van der Waals surface area contributed by atoms with Gasteiger partial charge in [-0.15, -0.1) is 0 Å². The van der Waals surface area contributed by atoms with Gasteiger partial charge in [0.1, 0.15) is 12.0 Å². The molecule has 20 heavy (non-hydrogen) atoms. The molecular weight excluding hydrogens is 284 g/mol. The van der Waals surface area contributed by atoms with Crippen molar-refractivity contribution in [1.29, 1.82) is 0 Å². The minimum absolute atomic E-state index is 0.0766. The molecule has 1 aromatic rings. The molecule has 7 nitrogen and oxygen atoms in total. The van der Waals surface area contributed by atoms with Crippen LogP contribution < -0.4 is 0 Å². The average molecular weight is 300 g/mol. The van der Waals surface area contributed by atoms with Gasteiger partial charge in [0.2, 0.25) is 10.0 Å². The second-order valence-corrected chi connectivity index (χ2v) is 7.56. The van der Waals surface area contributed by atoms with E-state index in [0.717, 1.165) is 12.8 Å². The van der Waals surface area contributed by atoms with Crippen molar-refractivity contribution in [2.45, 2.75) is 25.0 Å². The van der Waals surface area contributed by atoms with Gasteiger partial charge >= 0.3 is 5.97 Å². The van der Waals surface area contributed by atoms with E-state index in [4.69, 9.17) is 0 Å². The largest absolute Gasteiger partial charge is 0.481 e. The summed E-state index contributed by atoms with van der Waals surface area (Å²) in [7, 11) is -3.55. The third-order valence-electron chi connectivity index (χ3n) is 4.48. The zero-order valence-electron chi connectivity index (χ0n) is 10.9. The first-order valence-electron chi connectivity index (χ1n) is 6.54. The summed E-state index contributed by atoms with van der Waals surface area (Å²) in [4.78, 5) is 11.5. The van der Waals surface area contributed by atoms with Gasteiger partial charge in [-0.1, -0.05) is 11.6 Å². The zero-order valence-corrected chi connectivity index (χ0v) is 11.7. The van der Waals surface area contributed by atoms with Crippen molar-refractivity contribution in [3.63, 3.8) is 0 Å². The summed E-state index contributed by atoms with van der Waals surface area (Å²) in [5.74, 6) is -1.20. The molecule has 1 saturated heterocycles. The predicted octanol–water partition coefficient (Wildman–Crippen LogP) is 0.691. The Morgan fingerprint density at radius 2 is 2.40 bits per heavy atom. The highest BCUT2D eigenvalue weighted by Gasteiger charge is 2.57. The summed E-state index contributed by atoms with van der Waals surface area (Å²) < 4.78 is 30.6. The number of sulfonamides is 1. The Balaban J connectivity index is 1.81. The van der Waals surface area contributed by atoms with Gasteiger partial charge in [-0.25, -0.2) is 12.7 Å². The second-order valence-electron chi connectivity index (χ2n) is 5.59. The number of hydrogen-bond donors (Lipinski definition) is 1. The maximum atomic E-state index is 12.3. The molecule has 110 valence electrons. The molecule has 2 fully saturated rings. The Labute approximate surface area is 116 Å². The molecule has 0 unspecified atom stereocenters. The molecule has 3 rings (SSSR count). The van der Waals surface area contributed by atoms with Crippen LogP contribution in [0.4, 0.5) is 0 Å². The number of hydrogen-bond acceptors (Lipinski definition) is 5. The van der Waals surface area contributed by atoms with Gasteiger partial charge in [-0.3, -0.25) is 4.79 Å². The molecule has 1 saturated carbocycles. The average Bonchev–Trinajstić information content (AvgIpc) is 3.00. The van der Waals surface area contributed by atoms with Gasteiger partial charge in [0.05, 0.1) is 11.1 Å². The summed E-state index contributed by atoms with van der Waals surface area (Å²) in [5.41, 5.74) is -0.553. The van der Waals surface area contributed by atoms with E-state index in [9.17, 15) is 18.3 Å². The van der Waals surface area contributed by atoms with Crippen LogP contribution in [0.1, 0.15) is 25.0 Å². The molecule has 8 heteroatoms. The first-order chi connectivity index (χ1) is 9.44. The van der Waals surface area contributed by atoms with Crippen molar-refractivity contribution in [1.82, 2.24) is 9.46 Å². The van der Waals surface area contributed by atoms with Crippen LogP contribution in [-0.2, 0) is 20.6 Å². The van der Waals surface area contributed by atoms with Crippen LogP contribution in [0.25, 0.3) is 0 Å². The highest BCUT2D eigenvalue weighted by molar-refractivity contribution is 7.88. The molecule has 2 atom stereocenters. The van der Waals surface area contributed by atoms with E-state index in [1.54, 1.807) is 0 Å². The Bertz CT molecular complexity index is 612. The van der Waals surface area contributed by atoms with Crippen LogP contribution in [0.2, 0.25) is 0 Å². The van der Waals surface area contributed by atoms with Crippen LogP contribution in [0.15, 0.2) is 16.9 Å². The van der Waals surface area contributed by atoms with Crippen molar-refractivity contribution in [2.24, 2.45) is 11.3 Å². The Hall–Kier alpha value is -1.41. The number of nitrogens with zero attached hydrogens (tertiary/aromatic N) is 2. The molecule has 1 aromatic heterocycles. The van der Waals surface area contributed by atoms with Crippen LogP contribution >= 0.6 is 0 Å². The van der Waals surface area contributed by atoms with E-state index in [0.29, 0.717) is 18.7 Å². The summed E-state index contributed by atoms with van der Waals surface area (Å²) in [5, 5.41) is 13.1. The fraction of sp³-hybridized carbons (Fsp3) is 0.667. The van der Waals surface area contributed by atoms with Gasteiger partial charge in [-0.2, -0.15) is 0 Å². The molecule has 0 aromatic carbocycles. The molecule has 0 spiro atoms. The molecule has 2 aliphatic rings. The lowest BCUT2D eigenvalue weighted by Gasteiger charge is -2.23. The van der Waals surface area contributed by atoms with E-state index >= 15 is 0 Å². The summed E-state index contributed by atoms with van der Waals surface area (Å²) in [6.45, 7) is 0.375. The standard InChI is InChI=1S/C12H16N2O5S/c15-11(16)12-4-1-2-9(12)6-14(8-12)20(17,18)7-10-3-5-19-13-10/h3,5,9H,1-2,4,6-8H2,(H,15,16)/t9-,12+/m0/s1. The van der Waals surface area contributed by atoms with Crippen LogP contribution in [0.3, 0.4) is 0 Å². The predicted molar refractivity (Wildman–Crippen MR) is 68.1 cm³/mol. The van der Waals surface area contributed by atoms with Crippen LogP contribution in [0, 0.1) is 11.3 Å². The molecule has 0 amide bonds. The maximum Gasteiger partial charge on any atom is 0.311 e. The minimum atomic E-state index is -3.55. The monoisotopic (exact) mass is 300 g/mol. The van der Waals surface area contributed by atoms with Crippen molar-refractivity contribution >= 4 is 16.0 Å². The van der Waals surface area contributed by atoms with E-state index in [2.05, 4.69) is 9.68 Å². The van der Waals surface area contributed by atoms with Gasteiger partial charge in [0.25, 0.3) is 0 Å². The number of aliphatic carboxylic acids is 1. The van der Waals surface area contributed by atoms with E-state index < -0.39 is 21.4 Å². The summed E-state index contributed by atoms with van der Waals surface area (Å²) in [6.07, 6.45) is 3.52. The molecule has 0 radical (unpaired) electrons. The summed E-state index contributed by atoms with van der Waals surface area (Å²) >= 11 is 0. The lowest BCUT2D eigenvalue weighted by molar-refractivity contribution is -0.149. The number of rotatable bonds is 4. The third kappa shape index (κ3) is 2.03. The fourth-order valence-corrected chi connectivity index (χ4v) is 4.93. The second kappa shape index (κ2) is 4.56. The number of fused-ring (bicyclic) bond motifs is 1. The minimum Gasteiger partial charge on any atom is -0.481 e. The maximum absolute atomic E-state index is 12.3. The van der Waals surface area contributed by atoms with Crippen molar-refractivity contribution in [3.05, 3.63) is 18.0 Å². The molecule has 1 N–H and O–H groups in total. The lowest BCUT2D eigenvalue weighted by atomic mass is 9.81. The SMILES string of the molecule is O=C(O)[C@@]12CCC[C@H]1CN(S(=O)(=O)Cc1ccon1)C2. The molecule has 2 heterocycles. The number of carboxylic acid groups (broad SMARTS) is 1. The Morgan fingerprint density at radius 3 is 3.00 bits per heavy atom. The van der Waals surface area contributed by atoms with Crippen LogP contribution in [0.5, 0.6) is 0 Å². The molecule has 1 aliphatic heterocycles. The lowest BCUT2D eigenvalue weighted by Crippen LogP contribution is -2.37. The quantitative estimate of drug-likeness (QED) is 0.878. The van der Waals surface area contributed by atoms with Crippen molar-refractivity contribution in [2.75, 3.05) is 13.1 Å². The fourth-order valence-electron chi connectivity index (χ4n) is 3.39. The number of aromatic nitrogens is 1. The van der Waals surface area contributed by atoms with Crippen LogP contribution in [-0.4, -0.2) is 42.0 Å². The van der Waals surface area contributed by atoms with Crippen molar-refractivity contribution in [3.8, 4) is 0 Å². The van der Waals surface area contributed by atoms with E-state index in [-0.39, 0.29) is 18.2 Å². The normalized spacial score (nSPS) is 30.5. The van der Waals surface area contributed by atoms with Gasteiger partial charge in [-0.05, 0) is 18.8 Å². The first-order valence-corrected chi connectivity index (χ1v) is 8.15. The topological polar surface area (TPSA) is 101 Å². The van der Waals surface area contributed by atoms with Gasteiger partial charge in [0.15, 0.2) is 0 Å². The Morgan fingerprint density at radius 1 is 1.60 bits per heavy atom. The third-order valence-corrected chi connectivity index (χ3v) is 6.21. The van der Waals surface area contributed by atoms with Gasteiger partial charge < -0.3 is 9.63 Å². The highest BCUT2D eigenvalue weighted by atomic mass is 32.2. The van der Waals surface area contributed by atoms with E-state index in [1.165, 1.54) is 16.6 Å². The summed E-state index contributed by atoms with van der Waals surface area (Å²) in [6, 6.07) is 1.50. The van der Waals surface area contributed by atoms with Crippen molar-refractivity contribution < 1.29 is 22.8 Å². The van der Waals surface area contributed by atoms with Gasteiger partial charge in [0, 0.05) is 19.2 Å². The smallest absolute Gasteiger partial charge is 0.311 e. The highest BCUT2D eigenvalue weighted by Crippen LogP contribution is 2.49. The Kier molecular flexibility index (Phi) is 3.09. The molecule has 0 bridgehead atoms.